The molecule has 5 nitrogen and oxygen atoms in total. The van der Waals surface area contributed by atoms with Crippen LogP contribution in [0.4, 0.5) is 0 Å². The standard InChI is InChI=1S/C14H20N2O3/c17-10-4-3-7-15(8-10)9-16-13(18)11-5-1-2-6-12(11)14(16)19/h1-2,10-12,17H,3-9H2/t10-,11-,12+/m0/s1. The average molecular weight is 264 g/mol. The Labute approximate surface area is 112 Å². The van der Waals surface area contributed by atoms with E-state index in [2.05, 4.69) is 0 Å². The van der Waals surface area contributed by atoms with Crippen molar-refractivity contribution in [1.82, 2.24) is 9.80 Å². The lowest BCUT2D eigenvalue weighted by atomic mass is 9.85. The van der Waals surface area contributed by atoms with Crippen molar-refractivity contribution in [1.29, 1.82) is 0 Å². The van der Waals surface area contributed by atoms with E-state index in [0.717, 1.165) is 19.4 Å². The Morgan fingerprint density at radius 3 is 2.37 bits per heavy atom. The van der Waals surface area contributed by atoms with Gasteiger partial charge in [0, 0.05) is 13.1 Å². The summed E-state index contributed by atoms with van der Waals surface area (Å²) in [7, 11) is 0. The number of rotatable bonds is 2. The van der Waals surface area contributed by atoms with Crippen LogP contribution in [0.25, 0.3) is 0 Å². The molecule has 0 unspecified atom stereocenters. The smallest absolute Gasteiger partial charge is 0.234 e. The molecule has 0 aromatic heterocycles. The molecule has 0 radical (unpaired) electrons. The summed E-state index contributed by atoms with van der Waals surface area (Å²) in [4.78, 5) is 28.0. The van der Waals surface area contributed by atoms with E-state index in [1.54, 1.807) is 0 Å². The number of hydrogen-bond acceptors (Lipinski definition) is 4. The second-order valence-electron chi connectivity index (χ2n) is 5.77. The molecule has 5 heteroatoms. The highest BCUT2D eigenvalue weighted by Gasteiger charge is 2.47. The van der Waals surface area contributed by atoms with E-state index in [1.807, 2.05) is 17.1 Å². The minimum absolute atomic E-state index is 0.0283. The Kier molecular flexibility index (Phi) is 3.41. The Morgan fingerprint density at radius 1 is 1.16 bits per heavy atom. The summed E-state index contributed by atoms with van der Waals surface area (Å²) in [6, 6.07) is 0. The van der Waals surface area contributed by atoms with Crippen molar-refractivity contribution >= 4 is 11.8 Å². The first kappa shape index (κ1) is 12.8. The Morgan fingerprint density at radius 2 is 1.79 bits per heavy atom. The molecular weight excluding hydrogens is 244 g/mol. The fourth-order valence-corrected chi connectivity index (χ4v) is 3.37. The Balaban J connectivity index is 1.68. The van der Waals surface area contributed by atoms with Gasteiger partial charge in [0.15, 0.2) is 0 Å². The number of fused-ring (bicyclic) bond motifs is 1. The lowest BCUT2D eigenvalue weighted by Gasteiger charge is -2.32. The zero-order chi connectivity index (χ0) is 13.4. The maximum absolute atomic E-state index is 12.3. The average Bonchev–Trinajstić information content (AvgIpc) is 2.65. The lowest BCUT2D eigenvalue weighted by molar-refractivity contribution is -0.143. The molecule has 2 fully saturated rings. The fraction of sp³-hybridized carbons (Fsp3) is 0.714. The lowest BCUT2D eigenvalue weighted by Crippen LogP contribution is -2.47. The molecule has 2 amide bonds. The highest BCUT2D eigenvalue weighted by atomic mass is 16.3. The van der Waals surface area contributed by atoms with E-state index in [0.29, 0.717) is 26.1 Å². The molecular formula is C14H20N2O3. The Hall–Kier alpha value is -1.20. The van der Waals surface area contributed by atoms with Crippen molar-refractivity contribution in [2.24, 2.45) is 11.8 Å². The van der Waals surface area contributed by atoms with Crippen molar-refractivity contribution in [3.05, 3.63) is 12.2 Å². The minimum atomic E-state index is -0.328. The number of hydrogen-bond donors (Lipinski definition) is 1. The number of likely N-dealkylation sites (tertiary alicyclic amines) is 2. The van der Waals surface area contributed by atoms with Gasteiger partial charge in [-0.15, -0.1) is 0 Å². The highest BCUT2D eigenvalue weighted by Crippen LogP contribution is 2.35. The molecule has 0 saturated carbocycles. The van der Waals surface area contributed by atoms with Gasteiger partial charge in [-0.25, -0.2) is 0 Å². The molecule has 0 bridgehead atoms. The largest absolute Gasteiger partial charge is 0.392 e. The van der Waals surface area contributed by atoms with Crippen LogP contribution >= 0.6 is 0 Å². The van der Waals surface area contributed by atoms with Gasteiger partial charge < -0.3 is 5.11 Å². The van der Waals surface area contributed by atoms with Crippen LogP contribution in [0.3, 0.4) is 0 Å². The SMILES string of the molecule is O=C1[C@H]2CC=CC[C@H]2C(=O)N1CN1CCC[C@H](O)C1. The van der Waals surface area contributed by atoms with Crippen molar-refractivity contribution in [3.63, 3.8) is 0 Å². The molecule has 19 heavy (non-hydrogen) atoms. The van der Waals surface area contributed by atoms with Crippen LogP contribution in [0.2, 0.25) is 0 Å². The van der Waals surface area contributed by atoms with Crippen LogP contribution in [0, 0.1) is 11.8 Å². The third kappa shape index (κ3) is 2.32. The van der Waals surface area contributed by atoms with Crippen LogP contribution in [0.5, 0.6) is 0 Å². The molecule has 2 heterocycles. The number of allylic oxidation sites excluding steroid dienone is 2. The van der Waals surface area contributed by atoms with Crippen LogP contribution < -0.4 is 0 Å². The molecule has 1 aliphatic carbocycles. The predicted octanol–water partition coefficient (Wildman–Crippen LogP) is 0.352. The zero-order valence-corrected chi connectivity index (χ0v) is 11.0. The molecule has 3 aliphatic rings. The number of nitrogens with zero attached hydrogens (tertiary/aromatic N) is 2. The first-order valence-electron chi connectivity index (χ1n) is 7.07. The zero-order valence-electron chi connectivity index (χ0n) is 11.0. The molecule has 0 spiro atoms. The number of carbonyl (C=O) groups is 2. The van der Waals surface area contributed by atoms with Crippen LogP contribution in [-0.4, -0.2) is 52.6 Å². The van der Waals surface area contributed by atoms with Gasteiger partial charge >= 0.3 is 0 Å². The van der Waals surface area contributed by atoms with Gasteiger partial charge in [0.05, 0.1) is 24.6 Å². The van der Waals surface area contributed by atoms with E-state index >= 15 is 0 Å². The second kappa shape index (κ2) is 5.06. The van der Waals surface area contributed by atoms with Gasteiger partial charge in [-0.3, -0.25) is 19.4 Å². The third-order valence-electron chi connectivity index (χ3n) is 4.42. The number of piperidine rings is 1. The number of amides is 2. The van der Waals surface area contributed by atoms with Crippen molar-refractivity contribution in [2.75, 3.05) is 19.8 Å². The molecule has 3 rings (SSSR count). The summed E-state index contributed by atoms with van der Waals surface area (Å²) >= 11 is 0. The minimum Gasteiger partial charge on any atom is -0.392 e. The van der Waals surface area contributed by atoms with Crippen LogP contribution in [-0.2, 0) is 9.59 Å². The van der Waals surface area contributed by atoms with Gasteiger partial charge in [-0.1, -0.05) is 12.2 Å². The molecule has 0 aromatic rings. The first-order valence-corrected chi connectivity index (χ1v) is 7.07. The van der Waals surface area contributed by atoms with E-state index in [1.165, 1.54) is 4.90 Å². The van der Waals surface area contributed by atoms with Gasteiger partial charge in [0.2, 0.25) is 11.8 Å². The van der Waals surface area contributed by atoms with Crippen molar-refractivity contribution in [2.45, 2.75) is 31.8 Å². The van der Waals surface area contributed by atoms with Gasteiger partial charge in [-0.05, 0) is 25.7 Å². The number of carbonyl (C=O) groups excluding carboxylic acids is 2. The molecule has 2 aliphatic heterocycles. The van der Waals surface area contributed by atoms with E-state index in [9.17, 15) is 14.7 Å². The Bertz CT molecular complexity index is 395. The summed E-state index contributed by atoms with van der Waals surface area (Å²) in [6.45, 7) is 1.76. The van der Waals surface area contributed by atoms with Gasteiger partial charge in [-0.2, -0.15) is 0 Å². The number of β-amino-alcohol motifs (C(OH)–C–C–N with tert-alkyl or cyclic N) is 1. The quantitative estimate of drug-likeness (QED) is 0.577. The predicted molar refractivity (Wildman–Crippen MR) is 68.9 cm³/mol. The summed E-state index contributed by atoms with van der Waals surface area (Å²) in [5, 5.41) is 9.65. The van der Waals surface area contributed by atoms with E-state index in [4.69, 9.17) is 0 Å². The summed E-state index contributed by atoms with van der Waals surface area (Å²) in [6.07, 6.45) is 6.79. The normalized spacial score (nSPS) is 35.8. The first-order chi connectivity index (χ1) is 9.16. The fourth-order valence-electron chi connectivity index (χ4n) is 3.37. The molecule has 104 valence electrons. The monoisotopic (exact) mass is 264 g/mol. The number of aliphatic hydroxyl groups is 1. The van der Waals surface area contributed by atoms with Crippen molar-refractivity contribution < 1.29 is 14.7 Å². The third-order valence-corrected chi connectivity index (χ3v) is 4.42. The summed E-state index contributed by atoms with van der Waals surface area (Å²) < 4.78 is 0. The van der Waals surface area contributed by atoms with Crippen molar-refractivity contribution in [3.8, 4) is 0 Å². The molecule has 1 N–H and O–H groups in total. The van der Waals surface area contributed by atoms with Crippen LogP contribution in [0.15, 0.2) is 12.2 Å². The van der Waals surface area contributed by atoms with E-state index in [-0.39, 0.29) is 29.8 Å². The number of aliphatic hydroxyl groups excluding tert-OH is 1. The van der Waals surface area contributed by atoms with Crippen LogP contribution in [0.1, 0.15) is 25.7 Å². The number of imide groups is 1. The summed E-state index contributed by atoms with van der Waals surface area (Å²) in [5.41, 5.74) is 0. The topological polar surface area (TPSA) is 60.9 Å². The van der Waals surface area contributed by atoms with Gasteiger partial charge in [0.25, 0.3) is 0 Å². The molecule has 3 atom stereocenters. The maximum Gasteiger partial charge on any atom is 0.234 e. The maximum atomic E-state index is 12.3. The van der Waals surface area contributed by atoms with Gasteiger partial charge in [0.1, 0.15) is 0 Å². The molecule has 2 saturated heterocycles. The summed E-state index contributed by atoms with van der Waals surface area (Å²) in [5.74, 6) is -0.349. The highest BCUT2D eigenvalue weighted by molar-refractivity contribution is 6.05. The molecule has 0 aromatic carbocycles. The second-order valence-corrected chi connectivity index (χ2v) is 5.77. The van der Waals surface area contributed by atoms with E-state index < -0.39 is 0 Å².